The van der Waals surface area contributed by atoms with E-state index >= 15 is 0 Å². The summed E-state index contributed by atoms with van der Waals surface area (Å²) in [6.45, 7) is 2.26. The summed E-state index contributed by atoms with van der Waals surface area (Å²) in [7, 11) is 0. The normalized spacial score (nSPS) is 14.1. The van der Waals surface area contributed by atoms with E-state index in [9.17, 15) is 9.59 Å². The number of nitriles is 1. The highest BCUT2D eigenvalue weighted by atomic mass is 16.2. The molecule has 0 aromatic heterocycles. The summed E-state index contributed by atoms with van der Waals surface area (Å²) in [6, 6.07) is 9.09. The molecule has 114 valence electrons. The van der Waals surface area contributed by atoms with Gasteiger partial charge in [0.25, 0.3) is 0 Å². The number of hydrogen-bond acceptors (Lipinski definition) is 3. The number of carbonyl (C=O) groups is 2. The molecule has 2 N–H and O–H groups in total. The summed E-state index contributed by atoms with van der Waals surface area (Å²) >= 11 is 0. The number of carbonyl (C=O) groups excluding carboxylic acids is 2. The van der Waals surface area contributed by atoms with E-state index in [0.29, 0.717) is 11.6 Å². The Hall–Kier alpha value is -2.61. The van der Waals surface area contributed by atoms with Gasteiger partial charge in [-0.05, 0) is 37.3 Å². The molecule has 1 aromatic rings. The lowest BCUT2D eigenvalue weighted by Gasteiger charge is -2.10. The largest absolute Gasteiger partial charge is 0.351 e. The summed E-state index contributed by atoms with van der Waals surface area (Å²) in [5, 5.41) is 14.0. The molecule has 1 aliphatic rings. The number of nitrogens with one attached hydrogen (secondary N) is 2. The van der Waals surface area contributed by atoms with Crippen molar-refractivity contribution in [2.45, 2.75) is 32.7 Å². The molecule has 1 aliphatic carbocycles. The van der Waals surface area contributed by atoms with Crippen LogP contribution in [-0.2, 0) is 16.1 Å². The smallest absolute Gasteiger partial charge is 0.248 e. The highest BCUT2D eigenvalue weighted by molar-refractivity contribution is 6.00. The molecule has 5 heteroatoms. The van der Waals surface area contributed by atoms with Crippen molar-refractivity contribution in [3.63, 3.8) is 0 Å². The lowest BCUT2D eigenvalue weighted by Crippen LogP contribution is -2.23. The van der Waals surface area contributed by atoms with Crippen LogP contribution in [0.5, 0.6) is 0 Å². The molecule has 0 radical (unpaired) electrons. The van der Waals surface area contributed by atoms with Crippen molar-refractivity contribution in [1.82, 2.24) is 5.32 Å². The summed E-state index contributed by atoms with van der Waals surface area (Å²) in [6.07, 6.45) is 3.80. The first-order chi connectivity index (χ1) is 10.6. The van der Waals surface area contributed by atoms with Crippen LogP contribution in [-0.4, -0.2) is 11.8 Å². The molecule has 2 rings (SSSR count). The Morgan fingerprint density at radius 3 is 2.77 bits per heavy atom. The Morgan fingerprint density at radius 2 is 2.09 bits per heavy atom. The minimum absolute atomic E-state index is 0.153. The van der Waals surface area contributed by atoms with Crippen LogP contribution >= 0.6 is 0 Å². The number of amides is 2. The molecule has 0 saturated heterocycles. The number of allylic oxidation sites excluding steroid dienone is 1. The molecule has 2 amide bonds. The number of para-hydroxylation sites is 1. The van der Waals surface area contributed by atoms with Crippen LogP contribution < -0.4 is 10.6 Å². The van der Waals surface area contributed by atoms with Crippen molar-refractivity contribution < 1.29 is 9.59 Å². The van der Waals surface area contributed by atoms with Gasteiger partial charge in [0.1, 0.15) is 6.42 Å². The Bertz CT molecular complexity index is 640. The molecule has 0 spiro atoms. The SMILES string of the molecule is C/C(=C\C(=O)Nc1ccccc1CNC(=O)CC#N)C1CC1. The Kier molecular flexibility index (Phi) is 5.31. The number of nitrogens with zero attached hydrogens (tertiary/aromatic N) is 1. The minimum atomic E-state index is -0.326. The first kappa shape index (κ1) is 15.8. The first-order valence-electron chi connectivity index (χ1n) is 7.31. The van der Waals surface area contributed by atoms with Crippen molar-refractivity contribution in [3.05, 3.63) is 41.5 Å². The van der Waals surface area contributed by atoms with Gasteiger partial charge >= 0.3 is 0 Å². The number of benzene rings is 1. The van der Waals surface area contributed by atoms with Gasteiger partial charge in [-0.1, -0.05) is 23.8 Å². The zero-order chi connectivity index (χ0) is 15.9. The predicted octanol–water partition coefficient (Wildman–Crippen LogP) is 2.51. The van der Waals surface area contributed by atoms with Crippen molar-refractivity contribution in [1.29, 1.82) is 5.26 Å². The summed E-state index contributed by atoms with van der Waals surface area (Å²) < 4.78 is 0. The second kappa shape index (κ2) is 7.41. The lowest BCUT2D eigenvalue weighted by atomic mass is 10.1. The van der Waals surface area contributed by atoms with E-state index in [1.54, 1.807) is 18.2 Å². The van der Waals surface area contributed by atoms with Crippen LogP contribution in [0.2, 0.25) is 0 Å². The fraction of sp³-hybridized carbons (Fsp3) is 0.353. The molecule has 1 aromatic carbocycles. The Balaban J connectivity index is 1.98. The minimum Gasteiger partial charge on any atom is -0.351 e. The van der Waals surface area contributed by atoms with Crippen LogP contribution in [0.3, 0.4) is 0 Å². The van der Waals surface area contributed by atoms with E-state index in [-0.39, 0.29) is 24.8 Å². The van der Waals surface area contributed by atoms with Gasteiger partial charge in [0.2, 0.25) is 11.8 Å². The second-order valence-corrected chi connectivity index (χ2v) is 5.42. The van der Waals surface area contributed by atoms with Gasteiger partial charge in [-0.15, -0.1) is 0 Å². The summed E-state index contributed by atoms with van der Waals surface area (Å²) in [5.41, 5.74) is 2.58. The fourth-order valence-electron chi connectivity index (χ4n) is 2.16. The maximum atomic E-state index is 12.0. The van der Waals surface area contributed by atoms with E-state index in [1.807, 2.05) is 25.1 Å². The first-order valence-corrected chi connectivity index (χ1v) is 7.31. The predicted molar refractivity (Wildman–Crippen MR) is 83.6 cm³/mol. The molecule has 0 aliphatic heterocycles. The average Bonchev–Trinajstić information content (AvgIpc) is 3.31. The van der Waals surface area contributed by atoms with E-state index in [0.717, 1.165) is 24.0 Å². The van der Waals surface area contributed by atoms with E-state index in [2.05, 4.69) is 10.6 Å². The zero-order valence-electron chi connectivity index (χ0n) is 12.6. The standard InChI is InChI=1S/C17H19N3O2/c1-12(13-6-7-13)10-17(22)20-15-5-3-2-4-14(15)11-19-16(21)8-9-18/h2-5,10,13H,6-8,11H2,1H3,(H,19,21)(H,20,22)/b12-10+. The van der Waals surface area contributed by atoms with E-state index in [4.69, 9.17) is 5.26 Å². The molecule has 1 fully saturated rings. The number of anilines is 1. The van der Waals surface area contributed by atoms with Gasteiger partial charge in [0.15, 0.2) is 0 Å². The lowest BCUT2D eigenvalue weighted by molar-refractivity contribution is -0.120. The monoisotopic (exact) mass is 297 g/mol. The maximum absolute atomic E-state index is 12.0. The van der Waals surface area contributed by atoms with Gasteiger partial charge in [-0.2, -0.15) is 5.26 Å². The van der Waals surface area contributed by atoms with Gasteiger partial charge in [-0.3, -0.25) is 9.59 Å². The van der Waals surface area contributed by atoms with Gasteiger partial charge in [-0.25, -0.2) is 0 Å². The molecular weight excluding hydrogens is 278 g/mol. The van der Waals surface area contributed by atoms with E-state index in [1.165, 1.54) is 0 Å². The molecule has 0 atom stereocenters. The molecule has 22 heavy (non-hydrogen) atoms. The second-order valence-electron chi connectivity index (χ2n) is 5.42. The Morgan fingerprint density at radius 1 is 1.36 bits per heavy atom. The summed E-state index contributed by atoms with van der Waals surface area (Å²) in [4.78, 5) is 23.4. The van der Waals surface area contributed by atoms with Crippen LogP contribution in [0.4, 0.5) is 5.69 Å². The van der Waals surface area contributed by atoms with Gasteiger partial charge in [0.05, 0.1) is 6.07 Å². The van der Waals surface area contributed by atoms with Crippen molar-refractivity contribution in [2.24, 2.45) is 5.92 Å². The maximum Gasteiger partial charge on any atom is 0.248 e. The van der Waals surface area contributed by atoms with Crippen LogP contribution in [0, 0.1) is 17.2 Å². The molecule has 5 nitrogen and oxygen atoms in total. The fourth-order valence-corrected chi connectivity index (χ4v) is 2.16. The number of hydrogen-bond donors (Lipinski definition) is 2. The Labute approximate surface area is 130 Å². The number of rotatable bonds is 6. The molecule has 0 bridgehead atoms. The zero-order valence-corrected chi connectivity index (χ0v) is 12.6. The van der Waals surface area contributed by atoms with Crippen LogP contribution in [0.1, 0.15) is 31.7 Å². The van der Waals surface area contributed by atoms with Crippen molar-refractivity contribution in [2.75, 3.05) is 5.32 Å². The van der Waals surface area contributed by atoms with Gasteiger partial charge in [0, 0.05) is 18.3 Å². The van der Waals surface area contributed by atoms with Gasteiger partial charge < -0.3 is 10.6 Å². The third kappa shape index (κ3) is 4.74. The van der Waals surface area contributed by atoms with E-state index < -0.39 is 0 Å². The highest BCUT2D eigenvalue weighted by Gasteiger charge is 2.23. The topological polar surface area (TPSA) is 82.0 Å². The van der Waals surface area contributed by atoms with Crippen LogP contribution in [0.15, 0.2) is 35.9 Å². The van der Waals surface area contributed by atoms with Crippen molar-refractivity contribution in [3.8, 4) is 6.07 Å². The average molecular weight is 297 g/mol. The summed E-state index contributed by atoms with van der Waals surface area (Å²) in [5.74, 6) is 0.0829. The quantitative estimate of drug-likeness (QED) is 0.791. The molecular formula is C17H19N3O2. The molecule has 0 heterocycles. The third-order valence-corrected chi connectivity index (χ3v) is 3.57. The van der Waals surface area contributed by atoms with Crippen LogP contribution in [0.25, 0.3) is 0 Å². The molecule has 1 saturated carbocycles. The molecule has 0 unspecified atom stereocenters. The third-order valence-electron chi connectivity index (χ3n) is 3.57. The van der Waals surface area contributed by atoms with Crippen molar-refractivity contribution >= 4 is 17.5 Å². The highest BCUT2D eigenvalue weighted by Crippen LogP contribution is 2.35.